The fourth-order valence-electron chi connectivity index (χ4n) is 2.33. The molecule has 1 fully saturated rings. The van der Waals surface area contributed by atoms with Crippen molar-refractivity contribution in [1.82, 2.24) is 0 Å². The second kappa shape index (κ2) is 4.58. The Kier molecular flexibility index (Phi) is 3.03. The van der Waals surface area contributed by atoms with Crippen molar-refractivity contribution >= 4 is 23.2 Å². The van der Waals surface area contributed by atoms with Gasteiger partial charge >= 0.3 is 0 Å². The summed E-state index contributed by atoms with van der Waals surface area (Å²) in [6, 6.07) is 3.31. The molecular weight excluding hydrogens is 268 g/mol. The molecule has 2 aliphatic rings. The van der Waals surface area contributed by atoms with Crippen LogP contribution in [0.5, 0.6) is 11.5 Å². The first kappa shape index (κ1) is 12.6. The molecule has 5 nitrogen and oxygen atoms in total. The summed E-state index contributed by atoms with van der Waals surface area (Å²) in [5.41, 5.74) is 6.23. The molecule has 1 saturated carbocycles. The lowest BCUT2D eigenvalue weighted by Gasteiger charge is -2.37. The fourth-order valence-corrected chi connectivity index (χ4v) is 2.54. The van der Waals surface area contributed by atoms with Crippen molar-refractivity contribution in [2.75, 3.05) is 12.1 Å². The molecule has 1 aromatic rings. The van der Waals surface area contributed by atoms with Crippen molar-refractivity contribution < 1.29 is 14.3 Å². The predicted octanol–water partition coefficient (Wildman–Crippen LogP) is 2.28. The third kappa shape index (κ3) is 2.48. The van der Waals surface area contributed by atoms with E-state index in [0.29, 0.717) is 28.6 Å². The molecule has 0 radical (unpaired) electrons. The molecule has 0 atom stereocenters. The highest BCUT2D eigenvalue weighted by atomic mass is 35.5. The van der Waals surface area contributed by atoms with Crippen molar-refractivity contribution in [2.45, 2.75) is 31.2 Å². The van der Waals surface area contributed by atoms with Crippen molar-refractivity contribution in [1.29, 1.82) is 0 Å². The molecule has 6 heteroatoms. The normalized spacial score (nSPS) is 18.8. The summed E-state index contributed by atoms with van der Waals surface area (Å²) >= 11 is 6.09. The maximum Gasteiger partial charge on any atom is 0.231 e. The number of anilines is 1. The van der Waals surface area contributed by atoms with E-state index in [1.54, 1.807) is 12.1 Å². The lowest BCUT2D eigenvalue weighted by molar-refractivity contribution is -0.118. The van der Waals surface area contributed by atoms with Crippen LogP contribution in [0.2, 0.25) is 5.02 Å². The molecule has 1 aliphatic heterocycles. The smallest absolute Gasteiger partial charge is 0.231 e. The SMILES string of the molecule is NC1(CC(=O)Nc2cc3c(cc2Cl)OCO3)CCC1. The van der Waals surface area contributed by atoms with Gasteiger partial charge in [-0.2, -0.15) is 0 Å². The number of amides is 1. The number of carbonyl (C=O) groups is 1. The predicted molar refractivity (Wildman–Crippen MR) is 71.6 cm³/mol. The van der Waals surface area contributed by atoms with Gasteiger partial charge in [-0.05, 0) is 19.3 Å². The lowest BCUT2D eigenvalue weighted by atomic mass is 9.75. The van der Waals surface area contributed by atoms with E-state index in [0.717, 1.165) is 19.3 Å². The van der Waals surface area contributed by atoms with Crippen molar-refractivity contribution in [3.63, 3.8) is 0 Å². The molecule has 1 aromatic carbocycles. The lowest BCUT2D eigenvalue weighted by Crippen LogP contribution is -2.48. The minimum atomic E-state index is -0.340. The van der Waals surface area contributed by atoms with Crippen LogP contribution >= 0.6 is 11.6 Å². The van der Waals surface area contributed by atoms with E-state index in [2.05, 4.69) is 5.32 Å². The van der Waals surface area contributed by atoms with Crippen LogP contribution in [0.25, 0.3) is 0 Å². The molecule has 0 spiro atoms. The second-order valence-corrected chi connectivity index (χ2v) is 5.53. The van der Waals surface area contributed by atoms with E-state index in [1.165, 1.54) is 0 Å². The van der Waals surface area contributed by atoms with Crippen LogP contribution in [0.15, 0.2) is 12.1 Å². The fraction of sp³-hybridized carbons (Fsp3) is 0.462. The van der Waals surface area contributed by atoms with Gasteiger partial charge in [0.25, 0.3) is 0 Å². The number of halogens is 1. The number of benzene rings is 1. The Bertz CT molecular complexity index is 529. The highest BCUT2D eigenvalue weighted by Crippen LogP contribution is 2.39. The molecule has 0 saturated heterocycles. The van der Waals surface area contributed by atoms with Crippen LogP contribution in [-0.4, -0.2) is 18.2 Å². The number of carbonyl (C=O) groups excluding carboxylic acids is 1. The number of hydrogen-bond donors (Lipinski definition) is 2. The van der Waals surface area contributed by atoms with Crippen LogP contribution in [-0.2, 0) is 4.79 Å². The van der Waals surface area contributed by atoms with E-state index in [1.807, 2.05) is 0 Å². The maximum absolute atomic E-state index is 12.0. The summed E-state index contributed by atoms with van der Waals surface area (Å²) in [5, 5.41) is 3.21. The zero-order valence-electron chi connectivity index (χ0n) is 10.4. The third-order valence-corrected chi connectivity index (χ3v) is 3.91. The highest BCUT2D eigenvalue weighted by molar-refractivity contribution is 6.34. The van der Waals surface area contributed by atoms with E-state index in [9.17, 15) is 4.79 Å². The number of nitrogens with one attached hydrogen (secondary N) is 1. The summed E-state index contributed by atoms with van der Waals surface area (Å²) in [6.07, 6.45) is 3.21. The molecule has 1 heterocycles. The monoisotopic (exact) mass is 282 g/mol. The average molecular weight is 283 g/mol. The van der Waals surface area contributed by atoms with E-state index in [4.69, 9.17) is 26.8 Å². The first-order valence-corrected chi connectivity index (χ1v) is 6.61. The number of fused-ring (bicyclic) bond motifs is 1. The van der Waals surface area contributed by atoms with Gasteiger partial charge in [-0.3, -0.25) is 4.79 Å². The summed E-state index contributed by atoms with van der Waals surface area (Å²) in [6.45, 7) is 0.176. The Balaban J connectivity index is 1.71. The van der Waals surface area contributed by atoms with Crippen LogP contribution in [0.1, 0.15) is 25.7 Å². The van der Waals surface area contributed by atoms with Crippen LogP contribution < -0.4 is 20.5 Å². The van der Waals surface area contributed by atoms with E-state index in [-0.39, 0.29) is 18.2 Å². The Morgan fingerprint density at radius 3 is 2.68 bits per heavy atom. The van der Waals surface area contributed by atoms with Gasteiger partial charge < -0.3 is 20.5 Å². The van der Waals surface area contributed by atoms with Gasteiger partial charge in [0.15, 0.2) is 11.5 Å². The first-order valence-electron chi connectivity index (χ1n) is 6.24. The molecule has 19 heavy (non-hydrogen) atoms. The number of hydrogen-bond acceptors (Lipinski definition) is 4. The summed E-state index contributed by atoms with van der Waals surface area (Å²) in [4.78, 5) is 12.0. The van der Waals surface area contributed by atoms with Gasteiger partial charge in [0, 0.05) is 24.1 Å². The highest BCUT2D eigenvalue weighted by Gasteiger charge is 2.34. The molecule has 3 N–H and O–H groups in total. The van der Waals surface area contributed by atoms with Gasteiger partial charge in [0.1, 0.15) is 0 Å². The van der Waals surface area contributed by atoms with Crippen LogP contribution in [0, 0.1) is 0 Å². The number of rotatable bonds is 3. The zero-order chi connectivity index (χ0) is 13.5. The van der Waals surface area contributed by atoms with Crippen LogP contribution in [0.4, 0.5) is 5.69 Å². The summed E-state index contributed by atoms with van der Waals surface area (Å²) in [7, 11) is 0. The van der Waals surface area contributed by atoms with Gasteiger partial charge in [-0.25, -0.2) is 0 Å². The van der Waals surface area contributed by atoms with Crippen LogP contribution in [0.3, 0.4) is 0 Å². The average Bonchev–Trinajstić information content (AvgIpc) is 2.74. The molecule has 3 rings (SSSR count). The standard InChI is InChI=1S/C13H15ClN2O3/c14-8-4-10-11(19-7-18-10)5-9(8)16-12(17)6-13(15)2-1-3-13/h4-5H,1-3,6-7,15H2,(H,16,17). The minimum absolute atomic E-state index is 0.122. The molecule has 0 bridgehead atoms. The van der Waals surface area contributed by atoms with Crippen molar-refractivity contribution in [3.8, 4) is 11.5 Å². The molecular formula is C13H15ClN2O3. The van der Waals surface area contributed by atoms with E-state index < -0.39 is 0 Å². The van der Waals surface area contributed by atoms with Gasteiger partial charge in [0.05, 0.1) is 10.7 Å². The maximum atomic E-state index is 12.0. The third-order valence-electron chi connectivity index (χ3n) is 3.60. The molecule has 102 valence electrons. The van der Waals surface area contributed by atoms with Crippen molar-refractivity contribution in [3.05, 3.63) is 17.2 Å². The van der Waals surface area contributed by atoms with Gasteiger partial charge in [0.2, 0.25) is 12.7 Å². The molecule has 0 unspecified atom stereocenters. The van der Waals surface area contributed by atoms with Crippen molar-refractivity contribution in [2.24, 2.45) is 5.73 Å². The minimum Gasteiger partial charge on any atom is -0.454 e. The molecule has 1 aliphatic carbocycles. The quantitative estimate of drug-likeness (QED) is 0.892. The van der Waals surface area contributed by atoms with Gasteiger partial charge in [-0.15, -0.1) is 0 Å². The Labute approximate surface area is 116 Å². The molecule has 1 amide bonds. The number of ether oxygens (including phenoxy) is 2. The number of nitrogens with two attached hydrogens (primary N) is 1. The largest absolute Gasteiger partial charge is 0.454 e. The topological polar surface area (TPSA) is 73.6 Å². The van der Waals surface area contributed by atoms with Gasteiger partial charge in [-0.1, -0.05) is 11.6 Å². The van der Waals surface area contributed by atoms with E-state index >= 15 is 0 Å². The zero-order valence-corrected chi connectivity index (χ0v) is 11.1. The first-order chi connectivity index (χ1) is 9.06. The second-order valence-electron chi connectivity index (χ2n) is 5.13. The summed E-state index contributed by atoms with van der Waals surface area (Å²) in [5.74, 6) is 1.06. The molecule has 0 aromatic heterocycles. The summed E-state index contributed by atoms with van der Waals surface area (Å²) < 4.78 is 10.5. The Hall–Kier alpha value is -1.46. The Morgan fingerprint density at radius 1 is 1.37 bits per heavy atom. The Morgan fingerprint density at radius 2 is 2.05 bits per heavy atom.